The van der Waals surface area contributed by atoms with Gasteiger partial charge in [0.1, 0.15) is 5.60 Å². The van der Waals surface area contributed by atoms with Crippen molar-refractivity contribution < 1.29 is 14.3 Å². The van der Waals surface area contributed by atoms with Crippen molar-refractivity contribution in [2.24, 2.45) is 4.99 Å². The zero-order chi connectivity index (χ0) is 21.9. The summed E-state index contributed by atoms with van der Waals surface area (Å²) in [6.07, 6.45) is 1.13. The Morgan fingerprint density at radius 3 is 2.21 bits per heavy atom. The molecule has 0 bridgehead atoms. The number of rotatable bonds is 9. The molecule has 0 atom stereocenters. The van der Waals surface area contributed by atoms with E-state index in [-0.39, 0.29) is 0 Å². The first-order valence-corrected chi connectivity index (χ1v) is 10.2. The number of guanidine groups is 1. The molecule has 7 nitrogen and oxygen atoms in total. The van der Waals surface area contributed by atoms with Crippen molar-refractivity contribution >= 4 is 12.1 Å². The molecule has 0 unspecified atom stereocenters. The molecule has 0 aliphatic rings. The van der Waals surface area contributed by atoms with Gasteiger partial charge in [-0.3, -0.25) is 4.99 Å². The summed E-state index contributed by atoms with van der Waals surface area (Å²) in [4.78, 5) is 16.6. The largest absolute Gasteiger partial charge is 0.444 e. The Bertz CT molecular complexity index is 664. The first kappa shape index (κ1) is 24.8. The molecular formula is C22H38N4O3. The number of nitrogens with one attached hydrogen (secondary N) is 3. The van der Waals surface area contributed by atoms with Crippen LogP contribution in [0.15, 0.2) is 29.3 Å². The number of ether oxygens (including phenoxy) is 2. The first-order valence-electron chi connectivity index (χ1n) is 10.2. The monoisotopic (exact) mass is 406 g/mol. The normalized spacial score (nSPS) is 12.4. The number of amides is 1. The zero-order valence-electron chi connectivity index (χ0n) is 19.0. The van der Waals surface area contributed by atoms with E-state index >= 15 is 0 Å². The molecule has 7 heteroatoms. The molecule has 1 aromatic rings. The number of methoxy groups -OCH3 is 1. The van der Waals surface area contributed by atoms with Crippen LogP contribution in [0.5, 0.6) is 0 Å². The lowest BCUT2D eigenvalue weighted by molar-refractivity contribution is 0.0448. The minimum Gasteiger partial charge on any atom is -0.444 e. The van der Waals surface area contributed by atoms with Gasteiger partial charge in [-0.15, -0.1) is 0 Å². The number of aliphatic imine (C=N–C) groups is 1. The minimum absolute atomic E-state index is 0.403. The van der Waals surface area contributed by atoms with Crippen LogP contribution in [0.4, 0.5) is 4.79 Å². The quantitative estimate of drug-likeness (QED) is 0.431. The summed E-state index contributed by atoms with van der Waals surface area (Å²) in [7, 11) is 3.43. The van der Waals surface area contributed by atoms with Crippen LogP contribution >= 0.6 is 0 Å². The third-order valence-electron chi connectivity index (χ3n) is 4.80. The molecule has 164 valence electrons. The van der Waals surface area contributed by atoms with Gasteiger partial charge in [0, 0.05) is 27.2 Å². The molecule has 3 N–H and O–H groups in total. The molecule has 0 spiro atoms. The average Bonchev–Trinajstić information content (AvgIpc) is 2.67. The van der Waals surface area contributed by atoms with E-state index in [1.54, 1.807) is 14.2 Å². The molecule has 0 fully saturated rings. The summed E-state index contributed by atoms with van der Waals surface area (Å²) < 4.78 is 10.7. The molecule has 0 aromatic heterocycles. The summed E-state index contributed by atoms with van der Waals surface area (Å²) in [5, 5.41) is 9.72. The molecule has 1 aromatic carbocycles. The third kappa shape index (κ3) is 8.73. The Hall–Kier alpha value is -2.28. The summed E-state index contributed by atoms with van der Waals surface area (Å²) in [6, 6.07) is 8.14. The van der Waals surface area contributed by atoms with Gasteiger partial charge in [-0.05, 0) is 44.7 Å². The Morgan fingerprint density at radius 2 is 1.69 bits per heavy atom. The number of hydrogen-bond donors (Lipinski definition) is 3. The van der Waals surface area contributed by atoms with Gasteiger partial charge in [-0.25, -0.2) is 4.79 Å². The van der Waals surface area contributed by atoms with E-state index in [9.17, 15) is 4.79 Å². The predicted octanol–water partition coefficient (Wildman–Crippen LogP) is 3.58. The molecular weight excluding hydrogens is 368 g/mol. The second kappa shape index (κ2) is 11.7. The van der Waals surface area contributed by atoms with Gasteiger partial charge in [-0.2, -0.15) is 0 Å². The molecule has 0 saturated heterocycles. The van der Waals surface area contributed by atoms with Crippen molar-refractivity contribution in [1.29, 1.82) is 0 Å². The molecule has 1 amide bonds. The van der Waals surface area contributed by atoms with Gasteiger partial charge in [0.15, 0.2) is 5.96 Å². The number of benzene rings is 1. The maximum Gasteiger partial charge on any atom is 0.408 e. The SMILES string of the molecule is CCC(CC)(CNC(=NC)NCc1ccccc1COC)NC(=O)OC(C)(C)C. The van der Waals surface area contributed by atoms with Gasteiger partial charge in [0.25, 0.3) is 0 Å². The summed E-state index contributed by atoms with van der Waals surface area (Å²) in [5.74, 6) is 0.675. The Labute approximate surface area is 175 Å². The van der Waals surface area contributed by atoms with Crippen LogP contribution in [0.3, 0.4) is 0 Å². The van der Waals surface area contributed by atoms with E-state index < -0.39 is 17.2 Å². The van der Waals surface area contributed by atoms with E-state index in [0.29, 0.717) is 25.7 Å². The molecule has 0 saturated carbocycles. The van der Waals surface area contributed by atoms with E-state index in [0.717, 1.165) is 24.0 Å². The number of alkyl carbamates (subject to hydrolysis) is 1. The molecule has 29 heavy (non-hydrogen) atoms. The van der Waals surface area contributed by atoms with Gasteiger partial charge in [0.2, 0.25) is 0 Å². The number of nitrogens with zero attached hydrogens (tertiary/aromatic N) is 1. The van der Waals surface area contributed by atoms with Crippen LogP contribution in [-0.2, 0) is 22.6 Å². The lowest BCUT2D eigenvalue weighted by Gasteiger charge is -2.34. The van der Waals surface area contributed by atoms with E-state index in [4.69, 9.17) is 9.47 Å². The Kier molecular flexibility index (Phi) is 9.95. The Morgan fingerprint density at radius 1 is 1.07 bits per heavy atom. The van der Waals surface area contributed by atoms with Crippen molar-refractivity contribution in [1.82, 2.24) is 16.0 Å². The molecule has 0 radical (unpaired) electrons. The first-order chi connectivity index (χ1) is 13.7. The van der Waals surface area contributed by atoms with E-state index in [2.05, 4.69) is 46.9 Å². The van der Waals surface area contributed by atoms with Gasteiger partial charge in [0.05, 0.1) is 12.1 Å². The maximum absolute atomic E-state index is 12.3. The molecule has 1 rings (SSSR count). The minimum atomic E-state index is -0.530. The van der Waals surface area contributed by atoms with Crippen molar-refractivity contribution in [2.75, 3.05) is 20.7 Å². The predicted molar refractivity (Wildman–Crippen MR) is 118 cm³/mol. The van der Waals surface area contributed by atoms with Gasteiger partial charge >= 0.3 is 6.09 Å². The van der Waals surface area contributed by atoms with Crippen LogP contribution in [0.25, 0.3) is 0 Å². The maximum atomic E-state index is 12.3. The van der Waals surface area contributed by atoms with Crippen LogP contribution < -0.4 is 16.0 Å². The number of carbonyl (C=O) groups excluding carboxylic acids is 1. The lowest BCUT2D eigenvalue weighted by Crippen LogP contribution is -2.57. The van der Waals surface area contributed by atoms with Crippen LogP contribution in [0.2, 0.25) is 0 Å². The Balaban J connectivity index is 2.71. The summed E-state index contributed by atoms with van der Waals surface area (Å²) in [6.45, 7) is 11.4. The van der Waals surface area contributed by atoms with Gasteiger partial charge in [-0.1, -0.05) is 38.1 Å². The van der Waals surface area contributed by atoms with E-state index in [1.165, 1.54) is 0 Å². The van der Waals surface area contributed by atoms with Crippen molar-refractivity contribution in [2.45, 2.75) is 71.8 Å². The fourth-order valence-electron chi connectivity index (χ4n) is 2.92. The van der Waals surface area contributed by atoms with Crippen molar-refractivity contribution in [3.8, 4) is 0 Å². The summed E-state index contributed by atoms with van der Waals surface area (Å²) >= 11 is 0. The fourth-order valence-corrected chi connectivity index (χ4v) is 2.92. The second-order valence-corrected chi connectivity index (χ2v) is 8.10. The van der Waals surface area contributed by atoms with Crippen LogP contribution in [0, 0.1) is 0 Å². The van der Waals surface area contributed by atoms with Crippen LogP contribution in [0.1, 0.15) is 58.6 Å². The van der Waals surface area contributed by atoms with Crippen molar-refractivity contribution in [3.05, 3.63) is 35.4 Å². The smallest absolute Gasteiger partial charge is 0.408 e. The topological polar surface area (TPSA) is 84.0 Å². The fraction of sp³-hybridized carbons (Fsp3) is 0.636. The standard InChI is InChI=1S/C22H38N4O3/c1-8-22(9-2,26-20(27)29-21(3,4)5)16-25-19(23-6)24-14-17-12-10-11-13-18(17)15-28-7/h10-13H,8-9,14-16H2,1-7H3,(H,26,27)(H2,23,24,25). The van der Waals surface area contributed by atoms with Gasteiger partial charge < -0.3 is 25.4 Å². The average molecular weight is 407 g/mol. The zero-order valence-corrected chi connectivity index (χ0v) is 19.0. The highest BCUT2D eigenvalue weighted by Gasteiger charge is 2.30. The van der Waals surface area contributed by atoms with Crippen LogP contribution in [-0.4, -0.2) is 43.9 Å². The second-order valence-electron chi connectivity index (χ2n) is 8.10. The van der Waals surface area contributed by atoms with Crippen molar-refractivity contribution in [3.63, 3.8) is 0 Å². The summed E-state index contributed by atoms with van der Waals surface area (Å²) in [5.41, 5.74) is 1.34. The highest BCUT2D eigenvalue weighted by Crippen LogP contribution is 2.16. The number of carbonyl (C=O) groups is 1. The highest BCUT2D eigenvalue weighted by molar-refractivity contribution is 5.80. The third-order valence-corrected chi connectivity index (χ3v) is 4.80. The highest BCUT2D eigenvalue weighted by atomic mass is 16.6. The molecule has 0 aliphatic heterocycles. The van der Waals surface area contributed by atoms with E-state index in [1.807, 2.05) is 32.9 Å². The molecule has 0 aliphatic carbocycles. The number of hydrogen-bond acceptors (Lipinski definition) is 4. The lowest BCUT2D eigenvalue weighted by atomic mass is 9.93. The molecule has 0 heterocycles.